The Hall–Kier alpha value is -2.34. The number of ether oxygens (including phenoxy) is 1. The smallest absolute Gasteiger partial charge is 0.410 e. The lowest BCUT2D eigenvalue weighted by atomic mass is 9.89. The van der Waals surface area contributed by atoms with E-state index in [1.54, 1.807) is 0 Å². The lowest BCUT2D eigenvalue weighted by molar-refractivity contribution is 0.0881. The zero-order chi connectivity index (χ0) is 19.1. The number of halogens is 1. The number of hydrogen-bond acceptors (Lipinski definition) is 3. The molecule has 5 nitrogen and oxygen atoms in total. The highest BCUT2D eigenvalue weighted by atomic mass is 79.9. The molecule has 3 unspecified atom stereocenters. The van der Waals surface area contributed by atoms with E-state index < -0.39 is 0 Å². The maximum atomic E-state index is 12.8. The molecule has 6 heteroatoms. The monoisotopic (exact) mass is 439 g/mol. The Morgan fingerprint density at radius 3 is 2.93 bits per heavy atom. The van der Waals surface area contributed by atoms with Gasteiger partial charge in [-0.3, -0.25) is 0 Å². The summed E-state index contributed by atoms with van der Waals surface area (Å²) in [6, 6.07) is 14.6. The number of aromatic nitrogens is 2. The number of fused-ring (bicyclic) bond motifs is 3. The lowest BCUT2D eigenvalue weighted by Gasteiger charge is -2.24. The van der Waals surface area contributed by atoms with Crippen molar-refractivity contribution in [2.75, 3.05) is 0 Å². The molecule has 1 aromatic carbocycles. The predicted octanol–water partition coefficient (Wildman–Crippen LogP) is 4.99. The standard InChI is InChI=1S/C22H22BrN3O2/c23-18-10-16-8-9-25(21(16)24-12-18)13-17-11-19-6-7-20(17)26(19)22(27)28-14-15-4-2-1-3-5-15/h1-5,8-10,12,17,19-20H,6-7,11,13-14H2. The average Bonchev–Trinajstić information content (AvgIpc) is 3.40. The van der Waals surface area contributed by atoms with Gasteiger partial charge in [-0.1, -0.05) is 30.3 Å². The molecule has 0 aliphatic carbocycles. The van der Waals surface area contributed by atoms with E-state index in [0.29, 0.717) is 18.6 Å². The molecule has 2 aliphatic rings. The first kappa shape index (κ1) is 17.7. The Labute approximate surface area is 172 Å². The van der Waals surface area contributed by atoms with Crippen LogP contribution in [0.25, 0.3) is 11.0 Å². The highest BCUT2D eigenvalue weighted by molar-refractivity contribution is 9.10. The topological polar surface area (TPSA) is 47.4 Å². The van der Waals surface area contributed by atoms with E-state index in [0.717, 1.165) is 46.9 Å². The number of rotatable bonds is 4. The van der Waals surface area contributed by atoms with Crippen LogP contribution >= 0.6 is 15.9 Å². The minimum absolute atomic E-state index is 0.168. The molecule has 0 N–H and O–H groups in total. The van der Waals surface area contributed by atoms with Crippen molar-refractivity contribution in [3.63, 3.8) is 0 Å². The number of carbonyl (C=O) groups excluding carboxylic acids is 1. The summed E-state index contributed by atoms with van der Waals surface area (Å²) in [5.41, 5.74) is 2.03. The zero-order valence-electron chi connectivity index (χ0n) is 15.5. The molecule has 2 saturated heterocycles. The van der Waals surface area contributed by atoms with Crippen LogP contribution in [0.4, 0.5) is 4.79 Å². The molecule has 28 heavy (non-hydrogen) atoms. The summed E-state index contributed by atoms with van der Waals surface area (Å²) in [6.07, 6.45) is 6.97. The van der Waals surface area contributed by atoms with Gasteiger partial charge in [0.2, 0.25) is 0 Å². The molecule has 2 fully saturated rings. The Morgan fingerprint density at radius 1 is 1.21 bits per heavy atom. The largest absolute Gasteiger partial charge is 0.445 e. The second-order valence-electron chi connectivity index (χ2n) is 7.78. The third-order valence-corrected chi connectivity index (χ3v) is 6.51. The third-order valence-electron chi connectivity index (χ3n) is 6.08. The summed E-state index contributed by atoms with van der Waals surface area (Å²) in [7, 11) is 0. The molecule has 2 bridgehead atoms. The number of hydrogen-bond donors (Lipinski definition) is 0. The molecular weight excluding hydrogens is 418 g/mol. The summed E-state index contributed by atoms with van der Waals surface area (Å²) >= 11 is 3.48. The van der Waals surface area contributed by atoms with Crippen molar-refractivity contribution in [2.24, 2.45) is 5.92 Å². The van der Waals surface area contributed by atoms with Gasteiger partial charge in [0.25, 0.3) is 0 Å². The zero-order valence-corrected chi connectivity index (χ0v) is 17.1. The fourth-order valence-electron chi connectivity index (χ4n) is 4.84. The van der Waals surface area contributed by atoms with E-state index in [-0.39, 0.29) is 12.1 Å². The maximum absolute atomic E-state index is 12.8. The molecule has 4 heterocycles. The Morgan fingerprint density at radius 2 is 2.07 bits per heavy atom. The van der Waals surface area contributed by atoms with E-state index in [4.69, 9.17) is 4.74 Å². The average molecular weight is 440 g/mol. The molecule has 0 radical (unpaired) electrons. The molecular formula is C22H22BrN3O2. The summed E-state index contributed by atoms with van der Waals surface area (Å²) in [5.74, 6) is 0.448. The normalized spacial score (nSPS) is 23.5. The number of amides is 1. The van der Waals surface area contributed by atoms with Gasteiger partial charge in [-0.15, -0.1) is 0 Å². The predicted molar refractivity (Wildman–Crippen MR) is 111 cm³/mol. The van der Waals surface area contributed by atoms with Gasteiger partial charge in [-0.05, 0) is 58.8 Å². The SMILES string of the molecule is O=C(OCc1ccccc1)N1C2CCC1C(Cn1ccc3cc(Br)cnc31)C2. The molecule has 144 valence electrons. The molecule has 1 amide bonds. The van der Waals surface area contributed by atoms with Crippen molar-refractivity contribution in [3.8, 4) is 0 Å². The van der Waals surface area contributed by atoms with Crippen molar-refractivity contribution < 1.29 is 9.53 Å². The Kier molecular flexibility index (Phi) is 4.59. The van der Waals surface area contributed by atoms with Gasteiger partial charge in [0.05, 0.1) is 0 Å². The Balaban J connectivity index is 1.27. The van der Waals surface area contributed by atoms with Crippen LogP contribution in [0.15, 0.2) is 59.3 Å². The molecule has 0 spiro atoms. The maximum Gasteiger partial charge on any atom is 0.410 e. The fourth-order valence-corrected chi connectivity index (χ4v) is 5.19. The highest BCUT2D eigenvalue weighted by Crippen LogP contribution is 2.43. The van der Waals surface area contributed by atoms with Crippen LogP contribution in [-0.2, 0) is 17.9 Å². The van der Waals surface area contributed by atoms with Crippen molar-refractivity contribution in [1.82, 2.24) is 14.5 Å². The molecule has 2 aromatic heterocycles. The van der Waals surface area contributed by atoms with Crippen LogP contribution in [-0.4, -0.2) is 32.6 Å². The van der Waals surface area contributed by atoms with E-state index in [9.17, 15) is 4.79 Å². The van der Waals surface area contributed by atoms with Crippen LogP contribution in [0, 0.1) is 5.92 Å². The number of nitrogens with zero attached hydrogens (tertiary/aromatic N) is 3. The van der Waals surface area contributed by atoms with Gasteiger partial charge in [-0.25, -0.2) is 9.78 Å². The number of carbonyl (C=O) groups is 1. The van der Waals surface area contributed by atoms with E-state index in [1.807, 2.05) is 41.4 Å². The van der Waals surface area contributed by atoms with Crippen molar-refractivity contribution in [2.45, 2.75) is 44.5 Å². The lowest BCUT2D eigenvalue weighted by Crippen LogP contribution is -2.37. The van der Waals surface area contributed by atoms with Crippen LogP contribution < -0.4 is 0 Å². The quantitative estimate of drug-likeness (QED) is 0.575. The van der Waals surface area contributed by atoms with Gasteiger partial charge >= 0.3 is 6.09 Å². The molecule has 0 saturated carbocycles. The van der Waals surface area contributed by atoms with Gasteiger partial charge in [-0.2, -0.15) is 0 Å². The van der Waals surface area contributed by atoms with Crippen molar-refractivity contribution in [3.05, 3.63) is 64.9 Å². The van der Waals surface area contributed by atoms with Crippen LogP contribution in [0.5, 0.6) is 0 Å². The second kappa shape index (κ2) is 7.24. The van der Waals surface area contributed by atoms with Crippen molar-refractivity contribution in [1.29, 1.82) is 0 Å². The molecule has 3 aromatic rings. The first-order valence-corrected chi connectivity index (χ1v) is 10.6. The van der Waals surface area contributed by atoms with Gasteiger partial charge in [0.1, 0.15) is 12.3 Å². The van der Waals surface area contributed by atoms with Gasteiger partial charge in [0, 0.05) is 40.9 Å². The number of benzene rings is 1. The summed E-state index contributed by atoms with van der Waals surface area (Å²) in [4.78, 5) is 19.3. The van der Waals surface area contributed by atoms with Gasteiger partial charge < -0.3 is 14.2 Å². The van der Waals surface area contributed by atoms with E-state index in [1.165, 1.54) is 0 Å². The first-order valence-electron chi connectivity index (χ1n) is 9.78. The second-order valence-corrected chi connectivity index (χ2v) is 8.69. The van der Waals surface area contributed by atoms with E-state index >= 15 is 0 Å². The van der Waals surface area contributed by atoms with Crippen molar-refractivity contribution >= 4 is 33.1 Å². The first-order chi connectivity index (χ1) is 13.7. The Bertz CT molecular complexity index is 1000. The summed E-state index contributed by atoms with van der Waals surface area (Å²) in [5, 5.41) is 1.14. The minimum Gasteiger partial charge on any atom is -0.445 e. The molecule has 5 rings (SSSR count). The summed E-state index contributed by atoms with van der Waals surface area (Å²) in [6.45, 7) is 1.23. The van der Waals surface area contributed by atoms with Crippen LogP contribution in [0.3, 0.4) is 0 Å². The molecule has 2 aliphatic heterocycles. The van der Waals surface area contributed by atoms with Crippen LogP contribution in [0.1, 0.15) is 24.8 Å². The third kappa shape index (κ3) is 3.20. The van der Waals surface area contributed by atoms with Crippen LogP contribution in [0.2, 0.25) is 0 Å². The summed E-state index contributed by atoms with van der Waals surface area (Å²) < 4.78 is 8.84. The number of pyridine rings is 1. The highest BCUT2D eigenvalue weighted by Gasteiger charge is 2.49. The fraction of sp³-hybridized carbons (Fsp3) is 0.364. The van der Waals surface area contributed by atoms with E-state index in [2.05, 4.69) is 43.8 Å². The minimum atomic E-state index is -0.168. The van der Waals surface area contributed by atoms with Gasteiger partial charge in [0.15, 0.2) is 0 Å². The molecule has 3 atom stereocenters.